The number of benzene rings is 1. The molecular formula is C19H19ClO5. The topological polar surface area (TPSA) is 65.0 Å². The Bertz CT molecular complexity index is 744. The number of hydrogen-bond donors (Lipinski definition) is 1. The van der Waals surface area contributed by atoms with E-state index in [2.05, 4.69) is 6.58 Å². The standard InChI is InChI=1S/C19H19ClO5/c1-4-14(20)11-17-12(2)5-10-18(25-17)24-16-8-6-15(7-9-16)23-13(3)19(21)22/h4,6-11,13H,1,5H2,2-3H3,(H,21,22). The number of carboxylic acids is 1. The van der Waals surface area contributed by atoms with Crippen LogP contribution in [0.5, 0.6) is 11.5 Å². The summed E-state index contributed by atoms with van der Waals surface area (Å²) in [7, 11) is 0. The van der Waals surface area contributed by atoms with E-state index in [1.807, 2.05) is 13.0 Å². The fraction of sp³-hybridized carbons (Fsp3) is 0.211. The van der Waals surface area contributed by atoms with Crippen LogP contribution in [0.4, 0.5) is 0 Å². The molecule has 1 heterocycles. The van der Waals surface area contributed by atoms with Crippen LogP contribution in [0, 0.1) is 0 Å². The molecule has 0 spiro atoms. The van der Waals surface area contributed by atoms with Gasteiger partial charge in [0.15, 0.2) is 6.10 Å². The molecule has 1 aromatic carbocycles. The Morgan fingerprint density at radius 1 is 1.36 bits per heavy atom. The van der Waals surface area contributed by atoms with Crippen molar-refractivity contribution in [1.29, 1.82) is 0 Å². The molecule has 0 aromatic heterocycles. The van der Waals surface area contributed by atoms with Crippen LogP contribution < -0.4 is 9.47 Å². The number of hydrogen-bond acceptors (Lipinski definition) is 4. The highest BCUT2D eigenvalue weighted by molar-refractivity contribution is 6.31. The molecule has 1 unspecified atom stereocenters. The number of allylic oxidation sites excluding steroid dienone is 5. The number of carboxylic acid groups (broad SMARTS) is 1. The van der Waals surface area contributed by atoms with Crippen molar-refractivity contribution in [3.8, 4) is 11.5 Å². The molecule has 1 N–H and O–H groups in total. The summed E-state index contributed by atoms with van der Waals surface area (Å²) in [5.41, 5.74) is 1.03. The van der Waals surface area contributed by atoms with Crippen LogP contribution in [0.2, 0.25) is 0 Å². The summed E-state index contributed by atoms with van der Waals surface area (Å²) in [6.45, 7) is 7.01. The SMILES string of the molecule is C=CC(Cl)=CC1=C(C)CC=C(Oc2ccc(OC(C)C(=O)O)cc2)O1. The second-order valence-corrected chi connectivity index (χ2v) is 5.82. The van der Waals surface area contributed by atoms with Crippen LogP contribution in [-0.2, 0) is 9.53 Å². The summed E-state index contributed by atoms with van der Waals surface area (Å²) < 4.78 is 16.7. The average Bonchev–Trinajstić information content (AvgIpc) is 2.59. The molecule has 25 heavy (non-hydrogen) atoms. The Kier molecular flexibility index (Phi) is 6.31. The highest BCUT2D eigenvalue weighted by atomic mass is 35.5. The molecule has 0 bridgehead atoms. The first-order chi connectivity index (χ1) is 11.9. The lowest BCUT2D eigenvalue weighted by Crippen LogP contribution is -2.22. The van der Waals surface area contributed by atoms with Gasteiger partial charge >= 0.3 is 5.97 Å². The Labute approximate surface area is 151 Å². The number of rotatable bonds is 7. The van der Waals surface area contributed by atoms with Crippen molar-refractivity contribution in [2.24, 2.45) is 0 Å². The van der Waals surface area contributed by atoms with E-state index in [0.717, 1.165) is 5.57 Å². The van der Waals surface area contributed by atoms with E-state index in [4.69, 9.17) is 30.9 Å². The van der Waals surface area contributed by atoms with Gasteiger partial charge in [0.2, 0.25) is 0 Å². The fourth-order valence-corrected chi connectivity index (χ4v) is 2.03. The van der Waals surface area contributed by atoms with Crippen molar-refractivity contribution in [2.75, 3.05) is 0 Å². The summed E-state index contributed by atoms with van der Waals surface area (Å²) in [6.07, 6.45) is 4.80. The van der Waals surface area contributed by atoms with Crippen LogP contribution in [-0.4, -0.2) is 17.2 Å². The van der Waals surface area contributed by atoms with Gasteiger partial charge in [0.05, 0.1) is 0 Å². The van der Waals surface area contributed by atoms with Crippen molar-refractivity contribution in [3.63, 3.8) is 0 Å². The number of halogens is 1. The second-order valence-electron chi connectivity index (χ2n) is 5.38. The van der Waals surface area contributed by atoms with E-state index < -0.39 is 12.1 Å². The highest BCUT2D eigenvalue weighted by Gasteiger charge is 2.15. The first-order valence-electron chi connectivity index (χ1n) is 7.64. The summed E-state index contributed by atoms with van der Waals surface area (Å²) in [5, 5.41) is 9.32. The second kappa shape index (κ2) is 8.44. The Balaban J connectivity index is 2.01. The zero-order valence-electron chi connectivity index (χ0n) is 14.0. The fourth-order valence-electron chi connectivity index (χ4n) is 1.93. The molecule has 1 atom stereocenters. The van der Waals surface area contributed by atoms with Crippen molar-refractivity contribution < 1.29 is 24.1 Å². The third-order valence-electron chi connectivity index (χ3n) is 3.37. The summed E-state index contributed by atoms with van der Waals surface area (Å²) in [6, 6.07) is 6.61. The molecule has 132 valence electrons. The lowest BCUT2D eigenvalue weighted by atomic mass is 10.1. The normalized spacial score (nSPS) is 15.8. The summed E-state index contributed by atoms with van der Waals surface area (Å²) >= 11 is 5.97. The van der Waals surface area contributed by atoms with Gasteiger partial charge in [-0.1, -0.05) is 24.3 Å². The Hall–Kier alpha value is -2.66. The minimum absolute atomic E-state index is 0.345. The molecule has 2 rings (SSSR count). The van der Waals surface area contributed by atoms with Gasteiger partial charge in [-0.25, -0.2) is 4.79 Å². The van der Waals surface area contributed by atoms with E-state index in [0.29, 0.717) is 34.7 Å². The monoisotopic (exact) mass is 362 g/mol. The molecule has 0 radical (unpaired) electrons. The molecule has 0 saturated heterocycles. The average molecular weight is 363 g/mol. The minimum atomic E-state index is -1.03. The molecule has 5 nitrogen and oxygen atoms in total. The van der Waals surface area contributed by atoms with Crippen LogP contribution in [0.25, 0.3) is 0 Å². The van der Waals surface area contributed by atoms with Crippen molar-refractivity contribution >= 4 is 17.6 Å². The molecule has 0 fully saturated rings. The van der Waals surface area contributed by atoms with Crippen molar-refractivity contribution in [3.05, 3.63) is 71.4 Å². The zero-order valence-corrected chi connectivity index (χ0v) is 14.7. The molecule has 1 aromatic rings. The predicted octanol–water partition coefficient (Wildman–Crippen LogP) is 4.76. The van der Waals surface area contributed by atoms with E-state index in [1.165, 1.54) is 13.0 Å². The lowest BCUT2D eigenvalue weighted by Gasteiger charge is -2.18. The number of carbonyl (C=O) groups is 1. The van der Waals surface area contributed by atoms with Gasteiger partial charge in [-0.3, -0.25) is 0 Å². The predicted molar refractivity (Wildman–Crippen MR) is 95.4 cm³/mol. The van der Waals surface area contributed by atoms with Gasteiger partial charge in [0, 0.05) is 11.1 Å². The van der Waals surface area contributed by atoms with Gasteiger partial charge in [-0.15, -0.1) is 0 Å². The van der Waals surface area contributed by atoms with Gasteiger partial charge in [0.25, 0.3) is 5.95 Å². The Morgan fingerprint density at radius 2 is 2.00 bits per heavy atom. The maximum atomic E-state index is 10.8. The van der Waals surface area contributed by atoms with E-state index in [1.54, 1.807) is 30.3 Å². The highest BCUT2D eigenvalue weighted by Crippen LogP contribution is 2.27. The molecule has 1 aliphatic heterocycles. The minimum Gasteiger partial charge on any atom is -0.479 e. The first kappa shape index (κ1) is 18.7. The molecule has 0 aliphatic carbocycles. The van der Waals surface area contributed by atoms with Gasteiger partial charge in [-0.2, -0.15) is 0 Å². The molecular weight excluding hydrogens is 344 g/mol. The third-order valence-corrected chi connectivity index (χ3v) is 3.64. The number of aliphatic carboxylic acids is 1. The molecule has 0 saturated carbocycles. The van der Waals surface area contributed by atoms with Gasteiger partial charge < -0.3 is 19.3 Å². The lowest BCUT2D eigenvalue weighted by molar-refractivity contribution is -0.144. The van der Waals surface area contributed by atoms with Crippen molar-refractivity contribution in [1.82, 2.24) is 0 Å². The summed E-state index contributed by atoms with van der Waals surface area (Å²) in [4.78, 5) is 10.8. The van der Waals surface area contributed by atoms with Crippen LogP contribution in [0.15, 0.2) is 71.4 Å². The van der Waals surface area contributed by atoms with Gasteiger partial charge in [-0.05, 0) is 56.2 Å². The third kappa shape index (κ3) is 5.43. The van der Waals surface area contributed by atoms with E-state index >= 15 is 0 Å². The Morgan fingerprint density at radius 3 is 2.60 bits per heavy atom. The molecule has 0 amide bonds. The smallest absolute Gasteiger partial charge is 0.344 e. The largest absolute Gasteiger partial charge is 0.479 e. The van der Waals surface area contributed by atoms with E-state index in [9.17, 15) is 4.79 Å². The van der Waals surface area contributed by atoms with Crippen molar-refractivity contribution in [2.45, 2.75) is 26.4 Å². The maximum Gasteiger partial charge on any atom is 0.344 e. The van der Waals surface area contributed by atoms with Crippen LogP contribution >= 0.6 is 11.6 Å². The number of ether oxygens (including phenoxy) is 3. The first-order valence-corrected chi connectivity index (χ1v) is 8.01. The summed E-state index contributed by atoms with van der Waals surface area (Å²) in [5.74, 6) is 0.926. The van der Waals surface area contributed by atoms with Crippen LogP contribution in [0.1, 0.15) is 20.3 Å². The molecule has 6 heteroatoms. The molecule has 1 aliphatic rings. The van der Waals surface area contributed by atoms with E-state index in [-0.39, 0.29) is 0 Å². The van der Waals surface area contributed by atoms with Crippen LogP contribution in [0.3, 0.4) is 0 Å². The zero-order chi connectivity index (χ0) is 18.4. The quantitative estimate of drug-likeness (QED) is 0.708. The maximum absolute atomic E-state index is 10.8. The van der Waals surface area contributed by atoms with Gasteiger partial charge in [0.1, 0.15) is 17.3 Å².